The van der Waals surface area contributed by atoms with E-state index in [9.17, 15) is 38.4 Å². The molecule has 0 bridgehead atoms. The molecule has 0 saturated carbocycles. The molecule has 134 heavy (non-hydrogen) atoms. The van der Waals surface area contributed by atoms with E-state index in [-0.39, 0.29) is 70.9 Å². The van der Waals surface area contributed by atoms with Crippen molar-refractivity contribution in [3.8, 4) is 0 Å². The number of nitrogens with one attached hydrogen (secondary N) is 2. The maximum atomic E-state index is 12.9. The molecule has 8 saturated heterocycles. The van der Waals surface area contributed by atoms with Crippen LogP contribution in [0.1, 0.15) is 257 Å². The number of ketones is 1. The number of carbonyl (C=O) groups excluding carboxylic acids is 8. The molecule has 0 radical (unpaired) electrons. The zero-order valence-electron chi connectivity index (χ0n) is 83.5. The van der Waals surface area contributed by atoms with Gasteiger partial charge in [0.25, 0.3) is 0 Å². The first-order valence-corrected chi connectivity index (χ1v) is 51.2. The number of ether oxygens (including phenoxy) is 6. The van der Waals surface area contributed by atoms with Crippen molar-refractivity contribution >= 4 is 84.2 Å². The van der Waals surface area contributed by atoms with E-state index in [1.807, 2.05) is 101 Å². The summed E-state index contributed by atoms with van der Waals surface area (Å²) in [6, 6.07) is 37.1. The van der Waals surface area contributed by atoms with E-state index >= 15 is 0 Å². The number of hydrogen-bond donors (Lipinski definition) is 2. The van der Waals surface area contributed by atoms with Crippen molar-refractivity contribution in [3.63, 3.8) is 0 Å². The molecular weight excluding hydrogens is 1760 g/mol. The summed E-state index contributed by atoms with van der Waals surface area (Å²) < 4.78 is 31.6. The normalized spacial score (nSPS) is 20.7. The lowest BCUT2D eigenvalue weighted by Crippen LogP contribution is -2.56. The lowest BCUT2D eigenvalue weighted by molar-refractivity contribution is -0.121. The molecule has 748 valence electrons. The van der Waals surface area contributed by atoms with E-state index in [1.165, 1.54) is 99.2 Å². The summed E-state index contributed by atoms with van der Waals surface area (Å²) in [5.41, 5.74) is 11.3. The van der Waals surface area contributed by atoms with Gasteiger partial charge in [0.05, 0.1) is 31.8 Å². The predicted octanol–water partition coefficient (Wildman–Crippen LogP) is 18.6. The number of carbonyl (C=O) groups is 8. The van der Waals surface area contributed by atoms with Gasteiger partial charge in [-0.1, -0.05) is 125 Å². The second kappa shape index (κ2) is 53.0. The molecule has 2 N–H and O–H groups in total. The standard InChI is InChI=1S/C26H39N3O4.C26H41N3O2.C21H31N3O2.C18H26N2O2.C8H13NO3.C5H10O.CH2Cl2.ClH/c1-5-32-23(30)28-14-10-21(11-15-28)27-16-12-26(13-17-27)19-29(24(31)33-25(2,3)4)18-20-8-6-7-9-22(20)26;1-4-31-25(30)29-15-10-23(11-16-29)28-17-12-26(13-18-28)20-27(14-9-21(2)3)19-22-7-5-6-8-24(22)26;1-2-26-20(25)24-11-7-18(8-12-24)23-13-9-21(10-14-23)16-22-15-17-5-3-4-6-19(17)21;1-17(2,3)22-16(21)20-12-14-6-4-5-7-15(14)18(13-20)8-10-19-11-9-18;1-2-12-8(11)9-5-3-7(10)4-6-9;1-5(2)3-4-6;2-1-3;/h6-9,21H,5,10-19H2,1-4H3;5-8,21,23H,4,9-20H2,1-3H3;3-6,18,22H,2,7-16H2,1H3;4-7,19H,8-13H2,1-3H3;2-6H2,1H3;4-5H,3H2,1-2H3;1H2;1H. The smallest absolute Gasteiger partial charge is 0.410 e. The predicted molar refractivity (Wildman–Crippen MR) is 534 cm³/mol. The third-order valence-electron chi connectivity index (χ3n) is 28.9. The fraction of sp³-hybridized carbons (Fsp3) is 0.695. The first-order chi connectivity index (χ1) is 63.7. The van der Waals surface area contributed by atoms with Crippen LogP contribution >= 0.6 is 35.6 Å². The number of rotatable bonds is 12. The van der Waals surface area contributed by atoms with Gasteiger partial charge in [0.2, 0.25) is 0 Å². The van der Waals surface area contributed by atoms with Crippen molar-refractivity contribution in [1.29, 1.82) is 0 Å². The van der Waals surface area contributed by atoms with E-state index < -0.39 is 11.2 Å². The van der Waals surface area contributed by atoms with Crippen LogP contribution in [0.2, 0.25) is 0 Å². The summed E-state index contributed by atoms with van der Waals surface area (Å²) >= 11 is 9.53. The Morgan fingerprint density at radius 1 is 0.410 bits per heavy atom. The lowest BCUT2D eigenvalue weighted by Gasteiger charge is -2.51. The zero-order valence-corrected chi connectivity index (χ0v) is 85.8. The highest BCUT2D eigenvalue weighted by Crippen LogP contribution is 2.47. The monoisotopic (exact) mass is 1920 g/mol. The molecule has 4 spiro atoms. The number of halogens is 3. The SMILES string of the molecule is CC(C)(C)OC(=O)N1Cc2ccccc2C2(CCNCC2)C1.CC(C)CC=O.CCOC(=O)N1CCC(=O)CC1.CCOC(=O)N1CCC(N2CCC3(CC2)CN(C(=O)OC(C)(C)C)Cc2ccccc23)CC1.CCOC(=O)N1CCC(N2CCC3(CC2)CN(CCC(C)C)Cc2ccccc23)CC1.CCOC(=O)N1CCC(N2CCC3(CC2)CNCc2ccccc23)CC1.Cl.ClCCl. The van der Waals surface area contributed by atoms with Crippen LogP contribution in [0.25, 0.3) is 0 Å². The van der Waals surface area contributed by atoms with Crippen LogP contribution in [0.5, 0.6) is 0 Å². The highest BCUT2D eigenvalue weighted by atomic mass is 35.5. The summed E-state index contributed by atoms with van der Waals surface area (Å²) in [6.45, 7) is 52.3. The van der Waals surface area contributed by atoms with E-state index in [2.05, 4.69) is 141 Å². The Kier molecular flexibility index (Phi) is 43.6. The number of fused-ring (bicyclic) bond motifs is 8. The second-order valence-electron chi connectivity index (χ2n) is 41.2. The minimum absolute atomic E-state index is 0. The third kappa shape index (κ3) is 31.2. The quantitative estimate of drug-likeness (QED) is 0.0760. The van der Waals surface area contributed by atoms with E-state index in [0.29, 0.717) is 113 Å². The molecular formula is C105H163Cl3N12O14. The number of piperidine rings is 8. The van der Waals surface area contributed by atoms with Crippen LogP contribution in [0, 0.1) is 11.8 Å². The van der Waals surface area contributed by atoms with E-state index in [1.54, 1.807) is 28.5 Å². The molecule has 12 heterocycles. The van der Waals surface area contributed by atoms with Gasteiger partial charge in [0.15, 0.2) is 0 Å². The number of hydrogen-bond acceptors (Lipinski definition) is 20. The molecule has 29 heteroatoms. The Morgan fingerprint density at radius 2 is 0.724 bits per heavy atom. The maximum absolute atomic E-state index is 12.9. The van der Waals surface area contributed by atoms with Crippen LogP contribution < -0.4 is 10.6 Å². The van der Waals surface area contributed by atoms with Gasteiger partial charge in [0, 0.05) is 164 Å². The molecule has 6 amide bonds. The van der Waals surface area contributed by atoms with Crippen LogP contribution in [0.15, 0.2) is 97.1 Å². The fourth-order valence-electron chi connectivity index (χ4n) is 21.8. The summed E-state index contributed by atoms with van der Waals surface area (Å²) in [4.78, 5) is 115. The van der Waals surface area contributed by atoms with Crippen molar-refractivity contribution < 1.29 is 66.8 Å². The van der Waals surface area contributed by atoms with Gasteiger partial charge in [-0.2, -0.15) is 0 Å². The lowest BCUT2D eigenvalue weighted by atomic mass is 9.68. The Balaban J connectivity index is 0.000000188. The molecule has 8 fully saturated rings. The minimum Gasteiger partial charge on any atom is -0.450 e. The molecule has 12 aliphatic rings. The number of amides is 6. The Hall–Kier alpha value is -7.53. The Labute approximate surface area is 818 Å². The van der Waals surface area contributed by atoms with Crippen molar-refractivity contribution in [2.24, 2.45) is 11.8 Å². The number of Topliss-reactive ketones (excluding diaryl/α,β-unsaturated/α-hetero) is 1. The fourth-order valence-corrected chi connectivity index (χ4v) is 21.8. The number of likely N-dealkylation sites (tertiary alicyclic amines) is 7. The molecule has 4 aromatic carbocycles. The molecule has 0 aliphatic carbocycles. The summed E-state index contributed by atoms with van der Waals surface area (Å²) in [6.07, 6.45) is 18.1. The Morgan fingerprint density at radius 3 is 1.05 bits per heavy atom. The average Bonchev–Trinajstić information content (AvgIpc) is 0.755. The van der Waals surface area contributed by atoms with E-state index in [0.717, 1.165) is 168 Å². The molecule has 12 aliphatic heterocycles. The largest absolute Gasteiger partial charge is 0.450 e. The zero-order chi connectivity index (χ0) is 95.9. The van der Waals surface area contributed by atoms with Gasteiger partial charge in [-0.3, -0.25) is 9.69 Å². The van der Waals surface area contributed by atoms with Gasteiger partial charge >= 0.3 is 36.6 Å². The number of alkyl halides is 2. The highest BCUT2D eigenvalue weighted by Gasteiger charge is 2.49. The molecule has 0 aromatic heterocycles. The van der Waals surface area contributed by atoms with Gasteiger partial charge in [0.1, 0.15) is 23.3 Å². The molecule has 16 rings (SSSR count). The van der Waals surface area contributed by atoms with Gasteiger partial charge < -0.3 is 87.9 Å². The molecule has 0 unspecified atom stereocenters. The van der Waals surface area contributed by atoms with Gasteiger partial charge in [-0.15, -0.1) is 35.6 Å². The highest BCUT2D eigenvalue weighted by molar-refractivity contribution is 6.40. The summed E-state index contributed by atoms with van der Waals surface area (Å²) in [7, 11) is 0. The van der Waals surface area contributed by atoms with Crippen LogP contribution in [0.4, 0.5) is 28.8 Å². The Bertz CT molecular complexity index is 4290. The van der Waals surface area contributed by atoms with Crippen LogP contribution in [-0.4, -0.2) is 296 Å². The molecule has 0 atom stereocenters. The van der Waals surface area contributed by atoms with Crippen LogP contribution in [-0.2, 0) is 85.8 Å². The van der Waals surface area contributed by atoms with Crippen molar-refractivity contribution in [1.82, 2.24) is 59.6 Å². The first kappa shape index (κ1) is 110. The maximum Gasteiger partial charge on any atom is 0.410 e. The van der Waals surface area contributed by atoms with Crippen LogP contribution in [0.3, 0.4) is 0 Å². The van der Waals surface area contributed by atoms with Crippen molar-refractivity contribution in [2.45, 2.75) is 290 Å². The first-order valence-electron chi connectivity index (χ1n) is 50.1. The van der Waals surface area contributed by atoms with Crippen molar-refractivity contribution in [3.05, 3.63) is 142 Å². The molecule has 4 aromatic rings. The molecule has 26 nitrogen and oxygen atoms in total. The topological polar surface area (TPSA) is 248 Å². The van der Waals surface area contributed by atoms with Gasteiger partial charge in [-0.05, 0) is 281 Å². The average molecular weight is 1920 g/mol. The number of nitrogens with zero attached hydrogens (tertiary/aromatic N) is 10. The summed E-state index contributed by atoms with van der Waals surface area (Å²) in [5, 5.41) is 7.28. The van der Waals surface area contributed by atoms with Crippen molar-refractivity contribution in [2.75, 3.05) is 169 Å². The second-order valence-corrected chi connectivity index (χ2v) is 42.0. The van der Waals surface area contributed by atoms with E-state index in [4.69, 9.17) is 51.6 Å². The van der Waals surface area contributed by atoms with Gasteiger partial charge in [-0.25, -0.2) is 28.8 Å². The summed E-state index contributed by atoms with van der Waals surface area (Å²) in [5.74, 6) is 1.52. The minimum atomic E-state index is -0.497. The number of aldehydes is 1. The third-order valence-corrected chi connectivity index (χ3v) is 28.9. The number of benzene rings is 4.